The van der Waals surface area contributed by atoms with E-state index in [1.54, 1.807) is 0 Å². The van der Waals surface area contributed by atoms with Gasteiger partial charge in [0.1, 0.15) is 0 Å². The summed E-state index contributed by atoms with van der Waals surface area (Å²) in [5.41, 5.74) is 2.40. The molecule has 0 radical (unpaired) electrons. The van der Waals surface area contributed by atoms with Gasteiger partial charge >= 0.3 is 0 Å². The van der Waals surface area contributed by atoms with Crippen LogP contribution in [0.1, 0.15) is 28.2 Å². The maximum Gasteiger partial charge on any atom is -0.0404 e. The second kappa shape index (κ2) is 6.34. The Morgan fingerprint density at radius 2 is 1.70 bits per heavy atom. The van der Waals surface area contributed by atoms with Crippen molar-refractivity contribution < 1.29 is 0 Å². The Morgan fingerprint density at radius 1 is 1.20 bits per heavy atom. The normalized spacial score (nSPS) is 8.70. The van der Waals surface area contributed by atoms with E-state index < -0.39 is 0 Å². The molecule has 0 amide bonds. The number of rotatable bonds is 2. The lowest BCUT2D eigenvalue weighted by Crippen LogP contribution is -1.61. The molecule has 58 valence electrons. The molecule has 0 atom stereocenters. The molecule has 0 spiro atoms. The first-order valence-corrected chi connectivity index (χ1v) is 3.10. The van der Waals surface area contributed by atoms with Crippen LogP contribution in [0.3, 0.4) is 0 Å². The summed E-state index contributed by atoms with van der Waals surface area (Å²) in [7, 11) is 0. The minimum Gasteiger partial charge on any atom is -0.0961 e. The highest BCUT2D eigenvalue weighted by molar-refractivity contribution is 5.18. The quantitative estimate of drug-likeness (QED) is 0.510. The summed E-state index contributed by atoms with van der Waals surface area (Å²) in [5, 5.41) is 0. The molecule has 0 bridgehead atoms. The zero-order chi connectivity index (χ0) is 7.28. The van der Waals surface area contributed by atoms with Crippen molar-refractivity contribution in [3.8, 4) is 0 Å². The zero-order valence-corrected chi connectivity index (χ0v) is 6.44. The van der Waals surface area contributed by atoms with Gasteiger partial charge in [-0.1, -0.05) is 43.4 Å². The van der Waals surface area contributed by atoms with Crippen molar-refractivity contribution in [2.24, 2.45) is 0 Å². The standard InChI is InChI=1S/C9H14.CH4/c1-8(2)6-5-7-9(3)4;/h5-7H,1H2,2-4H3;1H4/b6-5+;. The Balaban J connectivity index is 0. The fourth-order valence-corrected chi connectivity index (χ4v) is 0.405. The van der Waals surface area contributed by atoms with Gasteiger partial charge < -0.3 is 0 Å². The van der Waals surface area contributed by atoms with Crippen molar-refractivity contribution in [3.05, 3.63) is 36.0 Å². The topological polar surface area (TPSA) is 0 Å². The summed E-state index contributed by atoms with van der Waals surface area (Å²) < 4.78 is 0. The summed E-state index contributed by atoms with van der Waals surface area (Å²) in [6.45, 7) is 9.86. The molecule has 0 N–H and O–H groups in total. The van der Waals surface area contributed by atoms with Crippen LogP contribution in [0.2, 0.25) is 0 Å². The van der Waals surface area contributed by atoms with Gasteiger partial charge in [-0.25, -0.2) is 0 Å². The summed E-state index contributed by atoms with van der Waals surface area (Å²) in [6, 6.07) is 0. The second-order valence-electron chi connectivity index (χ2n) is 2.45. The van der Waals surface area contributed by atoms with E-state index in [1.807, 2.05) is 19.1 Å². The molecule has 0 aromatic heterocycles. The van der Waals surface area contributed by atoms with Gasteiger partial charge in [-0.15, -0.1) is 0 Å². The van der Waals surface area contributed by atoms with Gasteiger partial charge in [0.25, 0.3) is 0 Å². The highest BCUT2D eigenvalue weighted by Crippen LogP contribution is 1.92. The average molecular weight is 138 g/mol. The first kappa shape index (κ1) is 12.0. The van der Waals surface area contributed by atoms with Crippen LogP contribution in [0.4, 0.5) is 0 Å². The SMILES string of the molecule is C.C=C(C)/C=C/C=C(C)C. The Bertz CT molecular complexity index is 143. The molecule has 0 aliphatic carbocycles. The molecule has 0 heterocycles. The molecule has 0 fully saturated rings. The lowest BCUT2D eigenvalue weighted by Gasteiger charge is -1.83. The lowest BCUT2D eigenvalue weighted by atomic mass is 10.2. The van der Waals surface area contributed by atoms with E-state index in [2.05, 4.69) is 26.5 Å². The molecule has 0 heteroatoms. The van der Waals surface area contributed by atoms with Crippen LogP contribution >= 0.6 is 0 Å². The van der Waals surface area contributed by atoms with Crippen LogP contribution in [0.25, 0.3) is 0 Å². The van der Waals surface area contributed by atoms with Crippen LogP contribution in [-0.2, 0) is 0 Å². The first-order chi connectivity index (χ1) is 4.13. The van der Waals surface area contributed by atoms with E-state index in [9.17, 15) is 0 Å². The van der Waals surface area contributed by atoms with Crippen molar-refractivity contribution in [2.75, 3.05) is 0 Å². The van der Waals surface area contributed by atoms with E-state index in [1.165, 1.54) is 5.57 Å². The highest BCUT2D eigenvalue weighted by Gasteiger charge is 1.71. The molecule has 0 aliphatic heterocycles. The Morgan fingerprint density at radius 3 is 2.00 bits per heavy atom. The van der Waals surface area contributed by atoms with Crippen LogP contribution in [0.5, 0.6) is 0 Å². The predicted molar refractivity (Wildman–Crippen MR) is 50.1 cm³/mol. The third kappa shape index (κ3) is 10.3. The van der Waals surface area contributed by atoms with Gasteiger partial charge in [-0.05, 0) is 20.8 Å². The maximum atomic E-state index is 3.74. The van der Waals surface area contributed by atoms with E-state index in [-0.39, 0.29) is 7.43 Å². The molecule has 0 aromatic rings. The van der Waals surface area contributed by atoms with Gasteiger partial charge in [-0.2, -0.15) is 0 Å². The van der Waals surface area contributed by atoms with Crippen LogP contribution in [-0.4, -0.2) is 0 Å². The minimum atomic E-state index is 0. The monoisotopic (exact) mass is 138 g/mol. The third-order valence-corrected chi connectivity index (χ3v) is 0.810. The fourth-order valence-electron chi connectivity index (χ4n) is 0.405. The molecular formula is C10H18. The van der Waals surface area contributed by atoms with E-state index in [4.69, 9.17) is 0 Å². The predicted octanol–water partition coefficient (Wildman–Crippen LogP) is 3.72. The van der Waals surface area contributed by atoms with E-state index >= 15 is 0 Å². The van der Waals surface area contributed by atoms with Crippen LogP contribution in [0.15, 0.2) is 36.0 Å². The minimum absolute atomic E-state index is 0. The molecular weight excluding hydrogens is 120 g/mol. The van der Waals surface area contributed by atoms with Crippen molar-refractivity contribution in [2.45, 2.75) is 28.2 Å². The molecule has 0 unspecified atom stereocenters. The fraction of sp³-hybridized carbons (Fsp3) is 0.400. The van der Waals surface area contributed by atoms with Crippen LogP contribution < -0.4 is 0 Å². The molecule has 0 saturated carbocycles. The third-order valence-electron chi connectivity index (χ3n) is 0.810. The Kier molecular flexibility index (Phi) is 7.58. The smallest absolute Gasteiger partial charge is 0.0404 e. The lowest BCUT2D eigenvalue weighted by molar-refractivity contribution is 1.39. The van der Waals surface area contributed by atoms with Crippen molar-refractivity contribution in [3.63, 3.8) is 0 Å². The van der Waals surface area contributed by atoms with Gasteiger partial charge in [0.15, 0.2) is 0 Å². The van der Waals surface area contributed by atoms with Gasteiger partial charge in [-0.3, -0.25) is 0 Å². The van der Waals surface area contributed by atoms with Crippen molar-refractivity contribution >= 4 is 0 Å². The number of allylic oxidation sites excluding steroid dienone is 5. The van der Waals surface area contributed by atoms with Crippen LogP contribution in [0, 0.1) is 0 Å². The Labute approximate surface area is 65.0 Å². The van der Waals surface area contributed by atoms with Gasteiger partial charge in [0, 0.05) is 0 Å². The molecule has 0 aliphatic rings. The Hall–Kier alpha value is -0.780. The van der Waals surface area contributed by atoms with Gasteiger partial charge in [0.05, 0.1) is 0 Å². The van der Waals surface area contributed by atoms with E-state index in [0.717, 1.165) is 5.57 Å². The summed E-state index contributed by atoms with van der Waals surface area (Å²) >= 11 is 0. The van der Waals surface area contributed by atoms with E-state index in [0.29, 0.717) is 0 Å². The largest absolute Gasteiger partial charge is 0.0961 e. The van der Waals surface area contributed by atoms with Crippen molar-refractivity contribution in [1.29, 1.82) is 0 Å². The number of hydrogen-bond donors (Lipinski definition) is 0. The maximum absolute atomic E-state index is 3.74. The molecule has 0 aromatic carbocycles. The first-order valence-electron chi connectivity index (χ1n) is 3.10. The highest BCUT2D eigenvalue weighted by atomic mass is 13.8. The number of hydrogen-bond acceptors (Lipinski definition) is 0. The molecule has 0 nitrogen and oxygen atoms in total. The summed E-state index contributed by atoms with van der Waals surface area (Å²) in [4.78, 5) is 0. The molecule has 0 rings (SSSR count). The second-order valence-corrected chi connectivity index (χ2v) is 2.45. The zero-order valence-electron chi connectivity index (χ0n) is 6.44. The summed E-state index contributed by atoms with van der Waals surface area (Å²) in [6.07, 6.45) is 6.07. The average Bonchev–Trinajstić information content (AvgIpc) is 1.63. The molecule has 10 heavy (non-hydrogen) atoms. The van der Waals surface area contributed by atoms with Gasteiger partial charge in [0.2, 0.25) is 0 Å². The van der Waals surface area contributed by atoms with Crippen molar-refractivity contribution in [1.82, 2.24) is 0 Å². The molecule has 0 saturated heterocycles. The summed E-state index contributed by atoms with van der Waals surface area (Å²) in [5.74, 6) is 0.